The van der Waals surface area contributed by atoms with Crippen molar-refractivity contribution >= 4 is 33.3 Å². The van der Waals surface area contributed by atoms with Crippen molar-refractivity contribution in [3.63, 3.8) is 0 Å². The Bertz CT molecular complexity index is 490. The number of allylic oxidation sites excluding steroid dienone is 2. The lowest BCUT2D eigenvalue weighted by Gasteiger charge is -2.47. The molecule has 5 aliphatic rings. The van der Waals surface area contributed by atoms with Gasteiger partial charge in [0.2, 0.25) is 0 Å². The van der Waals surface area contributed by atoms with E-state index in [1.54, 1.807) is 5.57 Å². The predicted octanol–water partition coefficient (Wildman–Crippen LogP) is 1.11. The molecule has 0 aromatic carbocycles. The summed E-state index contributed by atoms with van der Waals surface area (Å²) in [7, 11) is 0. The molecular weight excluding hydrogens is 298 g/mol. The minimum Gasteiger partial charge on any atom is -0.375 e. The summed E-state index contributed by atoms with van der Waals surface area (Å²) in [5.41, 5.74) is 14.9. The van der Waals surface area contributed by atoms with Gasteiger partial charge in [0, 0.05) is 16.4 Å². The molecule has 2 bridgehead atoms. The molecular formula is C12H14BrN3S. The molecule has 5 aliphatic carbocycles. The SMILES string of the molecule is NC(=S)NNC1=C2[C@@H]3[C@H](Br)[C@H]4C5[C@H]([C@@H]14)[C@@H]2C[C@@H]53. The van der Waals surface area contributed by atoms with Crippen LogP contribution in [0, 0.1) is 41.4 Å². The Morgan fingerprint density at radius 2 is 2.12 bits per heavy atom. The van der Waals surface area contributed by atoms with E-state index in [2.05, 4.69) is 26.8 Å². The van der Waals surface area contributed by atoms with Crippen molar-refractivity contribution < 1.29 is 0 Å². The van der Waals surface area contributed by atoms with Crippen LogP contribution in [-0.4, -0.2) is 9.94 Å². The first-order valence-corrected chi connectivity index (χ1v) is 7.72. The largest absolute Gasteiger partial charge is 0.375 e. The number of alkyl halides is 1. The summed E-state index contributed by atoms with van der Waals surface area (Å²) >= 11 is 8.84. The van der Waals surface area contributed by atoms with Gasteiger partial charge in [0.25, 0.3) is 0 Å². The Balaban J connectivity index is 1.59. The molecule has 0 saturated heterocycles. The molecule has 1 unspecified atom stereocenters. The van der Waals surface area contributed by atoms with E-state index in [1.807, 2.05) is 0 Å². The van der Waals surface area contributed by atoms with Gasteiger partial charge in [-0.2, -0.15) is 0 Å². The second-order valence-electron chi connectivity index (χ2n) is 6.22. The average molecular weight is 312 g/mol. The van der Waals surface area contributed by atoms with E-state index >= 15 is 0 Å². The molecule has 4 saturated carbocycles. The van der Waals surface area contributed by atoms with Crippen LogP contribution < -0.4 is 16.6 Å². The second kappa shape index (κ2) is 2.67. The average Bonchev–Trinajstić information content (AvgIpc) is 2.74. The van der Waals surface area contributed by atoms with Crippen LogP contribution in [0.25, 0.3) is 0 Å². The van der Waals surface area contributed by atoms with Crippen molar-refractivity contribution in [2.45, 2.75) is 11.2 Å². The van der Waals surface area contributed by atoms with Gasteiger partial charge in [-0.05, 0) is 59.7 Å². The first kappa shape index (κ1) is 9.62. The highest BCUT2D eigenvalue weighted by atomic mass is 79.9. The lowest BCUT2D eigenvalue weighted by atomic mass is 9.59. The second-order valence-corrected chi connectivity index (χ2v) is 7.71. The molecule has 5 heteroatoms. The molecule has 17 heavy (non-hydrogen) atoms. The molecule has 0 amide bonds. The summed E-state index contributed by atoms with van der Waals surface area (Å²) < 4.78 is 0. The van der Waals surface area contributed by atoms with Crippen LogP contribution in [0.5, 0.6) is 0 Å². The summed E-state index contributed by atoms with van der Waals surface area (Å²) in [5, 5.41) is 0.340. The fourth-order valence-corrected chi connectivity index (χ4v) is 7.45. The third kappa shape index (κ3) is 0.801. The molecule has 0 heterocycles. The predicted molar refractivity (Wildman–Crippen MR) is 71.8 cm³/mol. The summed E-state index contributed by atoms with van der Waals surface area (Å²) in [6.45, 7) is 0. The molecule has 0 aromatic rings. The molecule has 8 atom stereocenters. The lowest BCUT2D eigenvalue weighted by Crippen LogP contribution is -2.51. The molecule has 4 fully saturated rings. The van der Waals surface area contributed by atoms with Gasteiger partial charge in [0.05, 0.1) is 0 Å². The van der Waals surface area contributed by atoms with E-state index in [0.717, 1.165) is 46.3 Å². The van der Waals surface area contributed by atoms with E-state index in [-0.39, 0.29) is 0 Å². The highest BCUT2D eigenvalue weighted by Crippen LogP contribution is 2.83. The molecule has 5 rings (SSSR count). The summed E-state index contributed by atoms with van der Waals surface area (Å²) in [4.78, 5) is 0.747. The number of halogens is 1. The molecule has 90 valence electrons. The topological polar surface area (TPSA) is 50.1 Å². The Hall–Kier alpha value is -0.290. The maximum absolute atomic E-state index is 5.51. The van der Waals surface area contributed by atoms with Crippen molar-refractivity contribution in [1.82, 2.24) is 10.9 Å². The van der Waals surface area contributed by atoms with Gasteiger partial charge in [0.1, 0.15) is 0 Å². The van der Waals surface area contributed by atoms with E-state index in [0.29, 0.717) is 5.11 Å². The minimum atomic E-state index is 0.340. The number of thiocarbonyl (C=S) groups is 1. The Labute approximate surface area is 114 Å². The molecule has 0 aromatic heterocycles. The van der Waals surface area contributed by atoms with E-state index in [1.165, 1.54) is 12.1 Å². The van der Waals surface area contributed by atoms with Gasteiger partial charge in [-0.3, -0.25) is 5.43 Å². The standard InChI is InChI=1S/C12H14BrN3S/c13-10-6-2-1-3-5-4(2)8(10)9(5)11(7(3)6)15-16-12(14)17/h2-6,8-10,15H,1H2,(H3,14,16,17)/t2-,3-,4?,5+,6+,8-,9+,10-/m0/s1. The van der Waals surface area contributed by atoms with Crippen LogP contribution in [0.4, 0.5) is 0 Å². The van der Waals surface area contributed by atoms with Gasteiger partial charge in [-0.1, -0.05) is 15.9 Å². The normalized spacial score (nSPS) is 58.9. The van der Waals surface area contributed by atoms with Crippen molar-refractivity contribution in [2.75, 3.05) is 0 Å². The first-order chi connectivity index (χ1) is 8.20. The van der Waals surface area contributed by atoms with Crippen LogP contribution in [0.15, 0.2) is 11.3 Å². The fraction of sp³-hybridized carbons (Fsp3) is 0.750. The number of hydrogen-bond donors (Lipinski definition) is 3. The van der Waals surface area contributed by atoms with Gasteiger partial charge in [0.15, 0.2) is 5.11 Å². The van der Waals surface area contributed by atoms with Crippen molar-refractivity contribution in [1.29, 1.82) is 0 Å². The maximum Gasteiger partial charge on any atom is 0.182 e. The molecule has 0 spiro atoms. The van der Waals surface area contributed by atoms with E-state index in [4.69, 9.17) is 18.0 Å². The van der Waals surface area contributed by atoms with Crippen LogP contribution in [-0.2, 0) is 0 Å². The number of rotatable bonds is 2. The quantitative estimate of drug-likeness (QED) is 0.406. The zero-order valence-electron chi connectivity index (χ0n) is 9.19. The van der Waals surface area contributed by atoms with Gasteiger partial charge in [-0.25, -0.2) is 0 Å². The van der Waals surface area contributed by atoms with Crippen molar-refractivity contribution in [2.24, 2.45) is 47.2 Å². The Morgan fingerprint density at radius 3 is 2.88 bits per heavy atom. The number of hydrogen-bond acceptors (Lipinski definition) is 2. The number of nitrogens with one attached hydrogen (secondary N) is 2. The van der Waals surface area contributed by atoms with E-state index in [9.17, 15) is 0 Å². The maximum atomic E-state index is 5.51. The van der Waals surface area contributed by atoms with Gasteiger partial charge in [-0.15, -0.1) is 0 Å². The van der Waals surface area contributed by atoms with Crippen LogP contribution >= 0.6 is 28.1 Å². The first-order valence-electron chi connectivity index (χ1n) is 6.39. The number of nitrogens with two attached hydrogens (primary N) is 1. The highest BCUT2D eigenvalue weighted by Gasteiger charge is 2.79. The Kier molecular flexibility index (Phi) is 1.51. The molecule has 3 nitrogen and oxygen atoms in total. The Morgan fingerprint density at radius 1 is 1.29 bits per heavy atom. The molecule has 0 aliphatic heterocycles. The third-order valence-corrected chi connectivity index (χ3v) is 7.38. The monoisotopic (exact) mass is 311 g/mol. The third-order valence-electron chi connectivity index (χ3n) is 6.10. The summed E-state index contributed by atoms with van der Waals surface area (Å²) in [5.74, 6) is 6.28. The summed E-state index contributed by atoms with van der Waals surface area (Å²) in [6.07, 6.45) is 1.45. The fourth-order valence-electron chi connectivity index (χ4n) is 6.04. The minimum absolute atomic E-state index is 0.340. The smallest absolute Gasteiger partial charge is 0.182 e. The van der Waals surface area contributed by atoms with Gasteiger partial charge >= 0.3 is 0 Å². The zero-order valence-corrected chi connectivity index (χ0v) is 11.6. The van der Waals surface area contributed by atoms with Crippen molar-refractivity contribution in [3.05, 3.63) is 11.3 Å². The van der Waals surface area contributed by atoms with Crippen molar-refractivity contribution in [3.8, 4) is 0 Å². The number of hydrazine groups is 1. The van der Waals surface area contributed by atoms with Crippen LogP contribution in [0.1, 0.15) is 6.42 Å². The summed E-state index contributed by atoms with van der Waals surface area (Å²) in [6, 6.07) is 0. The molecule has 0 radical (unpaired) electrons. The van der Waals surface area contributed by atoms with E-state index < -0.39 is 0 Å². The zero-order chi connectivity index (χ0) is 11.5. The van der Waals surface area contributed by atoms with Crippen LogP contribution in [0.3, 0.4) is 0 Å². The highest BCUT2D eigenvalue weighted by molar-refractivity contribution is 9.09. The van der Waals surface area contributed by atoms with Crippen LogP contribution in [0.2, 0.25) is 0 Å². The molecule has 4 N–H and O–H groups in total. The number of fused-ring (bicyclic) bond motifs is 2. The van der Waals surface area contributed by atoms with Gasteiger partial charge < -0.3 is 11.2 Å². The lowest BCUT2D eigenvalue weighted by molar-refractivity contribution is 0.0361.